The summed E-state index contributed by atoms with van der Waals surface area (Å²) in [6, 6.07) is 10.2. The molecule has 1 heterocycles. The topological polar surface area (TPSA) is 84.5 Å². The summed E-state index contributed by atoms with van der Waals surface area (Å²) in [5.41, 5.74) is 0.638. The minimum absolute atomic E-state index is 0.0447. The first-order chi connectivity index (χ1) is 11.0. The number of carbonyl (C=O) groups is 1. The van der Waals surface area contributed by atoms with Crippen molar-refractivity contribution >= 4 is 33.0 Å². The summed E-state index contributed by atoms with van der Waals surface area (Å²) in [7, 11) is -3.53. The average Bonchev–Trinajstić information content (AvgIpc) is 3.04. The second-order valence-electron chi connectivity index (χ2n) is 4.59. The first-order valence-electron chi connectivity index (χ1n) is 7.07. The lowest BCUT2D eigenvalue weighted by Crippen LogP contribution is -2.27. The van der Waals surface area contributed by atoms with Gasteiger partial charge in [-0.25, -0.2) is 13.1 Å². The Hall–Kier alpha value is -1.90. The summed E-state index contributed by atoms with van der Waals surface area (Å²) in [6.45, 7) is 2.52. The van der Waals surface area contributed by atoms with Gasteiger partial charge in [0.05, 0.1) is 6.61 Å². The van der Waals surface area contributed by atoms with E-state index in [0.29, 0.717) is 12.3 Å². The van der Waals surface area contributed by atoms with Gasteiger partial charge in [-0.15, -0.1) is 11.3 Å². The lowest BCUT2D eigenvalue weighted by Gasteiger charge is -2.08. The van der Waals surface area contributed by atoms with Gasteiger partial charge in [-0.05, 0) is 42.6 Å². The summed E-state index contributed by atoms with van der Waals surface area (Å²) >= 11 is 1.13. The van der Waals surface area contributed by atoms with Gasteiger partial charge in [0.15, 0.2) is 0 Å². The van der Waals surface area contributed by atoms with Crippen LogP contribution in [0.4, 0.5) is 5.69 Å². The van der Waals surface area contributed by atoms with Crippen molar-refractivity contribution in [1.82, 2.24) is 4.72 Å². The zero-order valence-corrected chi connectivity index (χ0v) is 14.2. The summed E-state index contributed by atoms with van der Waals surface area (Å²) in [5, 5.41) is 4.39. The molecule has 23 heavy (non-hydrogen) atoms. The van der Waals surface area contributed by atoms with E-state index in [1.165, 1.54) is 6.07 Å². The van der Waals surface area contributed by atoms with Crippen LogP contribution in [0.5, 0.6) is 5.75 Å². The minimum atomic E-state index is -3.53. The van der Waals surface area contributed by atoms with E-state index in [1.807, 2.05) is 6.92 Å². The van der Waals surface area contributed by atoms with Gasteiger partial charge < -0.3 is 10.1 Å². The Kier molecular flexibility index (Phi) is 6.14. The second-order valence-corrected chi connectivity index (χ2v) is 7.53. The Morgan fingerprint density at radius 1 is 1.22 bits per heavy atom. The Balaban J connectivity index is 1.79. The van der Waals surface area contributed by atoms with E-state index in [0.717, 1.165) is 17.1 Å². The predicted octanol–water partition coefficient (Wildman–Crippen LogP) is 2.45. The summed E-state index contributed by atoms with van der Waals surface area (Å²) in [4.78, 5) is 11.8. The standard InChI is InChI=1S/C15H18N2O4S2/c1-2-21-13-7-5-12(6-8-13)17-14(18)9-10-16-23(19,20)15-4-3-11-22-15/h3-8,11,16H,2,9-10H2,1H3,(H,17,18). The molecule has 0 aliphatic carbocycles. The summed E-state index contributed by atoms with van der Waals surface area (Å²) in [5.74, 6) is 0.470. The molecule has 0 saturated carbocycles. The van der Waals surface area contributed by atoms with E-state index in [4.69, 9.17) is 4.74 Å². The van der Waals surface area contributed by atoms with Gasteiger partial charge in [0.1, 0.15) is 9.96 Å². The molecule has 0 fully saturated rings. The van der Waals surface area contributed by atoms with E-state index in [1.54, 1.807) is 35.7 Å². The molecule has 0 aliphatic heterocycles. The molecule has 1 amide bonds. The lowest BCUT2D eigenvalue weighted by molar-refractivity contribution is -0.116. The third-order valence-electron chi connectivity index (χ3n) is 2.85. The normalized spacial score (nSPS) is 11.2. The SMILES string of the molecule is CCOc1ccc(NC(=O)CCNS(=O)(=O)c2cccs2)cc1. The monoisotopic (exact) mass is 354 g/mol. The van der Waals surface area contributed by atoms with Crippen LogP contribution in [0.3, 0.4) is 0 Å². The number of amides is 1. The largest absolute Gasteiger partial charge is 0.494 e. The van der Waals surface area contributed by atoms with Gasteiger partial charge in [-0.2, -0.15) is 0 Å². The van der Waals surface area contributed by atoms with Crippen LogP contribution >= 0.6 is 11.3 Å². The highest BCUT2D eigenvalue weighted by molar-refractivity contribution is 7.91. The molecule has 0 bridgehead atoms. The first kappa shape index (κ1) is 17.5. The van der Waals surface area contributed by atoms with Crippen molar-refractivity contribution < 1.29 is 17.9 Å². The van der Waals surface area contributed by atoms with Crippen LogP contribution in [0.1, 0.15) is 13.3 Å². The maximum atomic E-state index is 11.9. The first-order valence-corrected chi connectivity index (χ1v) is 9.43. The minimum Gasteiger partial charge on any atom is -0.494 e. The molecule has 0 unspecified atom stereocenters. The fraction of sp³-hybridized carbons (Fsp3) is 0.267. The molecule has 124 valence electrons. The smallest absolute Gasteiger partial charge is 0.250 e. The number of sulfonamides is 1. The number of anilines is 1. The van der Waals surface area contributed by atoms with Crippen LogP contribution in [0.2, 0.25) is 0 Å². The zero-order chi connectivity index (χ0) is 16.7. The number of thiophene rings is 1. The highest BCUT2D eigenvalue weighted by atomic mass is 32.2. The van der Waals surface area contributed by atoms with Crippen molar-refractivity contribution in [3.05, 3.63) is 41.8 Å². The zero-order valence-electron chi connectivity index (χ0n) is 12.6. The van der Waals surface area contributed by atoms with Crippen LogP contribution in [0.25, 0.3) is 0 Å². The predicted molar refractivity (Wildman–Crippen MR) is 90.4 cm³/mol. The highest BCUT2D eigenvalue weighted by Crippen LogP contribution is 2.16. The number of hydrogen-bond acceptors (Lipinski definition) is 5. The fourth-order valence-electron chi connectivity index (χ4n) is 1.81. The number of carbonyl (C=O) groups excluding carboxylic acids is 1. The lowest BCUT2D eigenvalue weighted by atomic mass is 10.3. The van der Waals surface area contributed by atoms with Gasteiger partial charge in [0.2, 0.25) is 15.9 Å². The quantitative estimate of drug-likeness (QED) is 0.763. The van der Waals surface area contributed by atoms with Crippen molar-refractivity contribution in [2.24, 2.45) is 0 Å². The molecule has 0 radical (unpaired) electrons. The van der Waals surface area contributed by atoms with Crippen LogP contribution in [-0.4, -0.2) is 27.5 Å². The Morgan fingerprint density at radius 2 is 1.96 bits per heavy atom. The molecular formula is C15H18N2O4S2. The van der Waals surface area contributed by atoms with Gasteiger partial charge in [-0.1, -0.05) is 6.07 Å². The highest BCUT2D eigenvalue weighted by Gasteiger charge is 2.14. The molecule has 0 aliphatic rings. The van der Waals surface area contributed by atoms with Gasteiger partial charge in [-0.3, -0.25) is 4.79 Å². The van der Waals surface area contributed by atoms with E-state index >= 15 is 0 Å². The second kappa shape index (κ2) is 8.09. The van der Waals surface area contributed by atoms with Crippen LogP contribution in [-0.2, 0) is 14.8 Å². The summed E-state index contributed by atoms with van der Waals surface area (Å²) in [6.07, 6.45) is 0.0534. The molecule has 0 spiro atoms. The van der Waals surface area contributed by atoms with Crippen molar-refractivity contribution in [3.63, 3.8) is 0 Å². The molecule has 2 aromatic rings. The van der Waals surface area contributed by atoms with Crippen LogP contribution < -0.4 is 14.8 Å². The van der Waals surface area contributed by atoms with Crippen molar-refractivity contribution in [2.75, 3.05) is 18.5 Å². The molecule has 0 atom stereocenters. The van der Waals surface area contributed by atoms with E-state index < -0.39 is 10.0 Å². The number of benzene rings is 1. The molecule has 1 aromatic carbocycles. The van der Waals surface area contributed by atoms with E-state index in [9.17, 15) is 13.2 Å². The maximum absolute atomic E-state index is 11.9. The van der Waals surface area contributed by atoms with Gasteiger partial charge in [0.25, 0.3) is 0 Å². The molecule has 6 nitrogen and oxygen atoms in total. The average molecular weight is 354 g/mol. The molecule has 2 N–H and O–H groups in total. The third kappa shape index (κ3) is 5.34. The summed E-state index contributed by atoms with van der Waals surface area (Å²) < 4.78 is 31.7. The van der Waals surface area contributed by atoms with Crippen LogP contribution in [0.15, 0.2) is 46.0 Å². The van der Waals surface area contributed by atoms with E-state index in [-0.39, 0.29) is 23.1 Å². The van der Waals surface area contributed by atoms with Crippen LogP contribution in [0, 0.1) is 0 Å². The van der Waals surface area contributed by atoms with E-state index in [2.05, 4.69) is 10.0 Å². The number of ether oxygens (including phenoxy) is 1. The molecule has 2 rings (SSSR count). The molecule has 1 aromatic heterocycles. The van der Waals surface area contributed by atoms with Gasteiger partial charge in [0, 0.05) is 18.7 Å². The van der Waals surface area contributed by atoms with Crippen molar-refractivity contribution in [1.29, 1.82) is 0 Å². The molecule has 0 saturated heterocycles. The molecule has 8 heteroatoms. The van der Waals surface area contributed by atoms with Gasteiger partial charge >= 0.3 is 0 Å². The Labute approximate surface area is 139 Å². The fourth-order valence-corrected chi connectivity index (χ4v) is 3.88. The maximum Gasteiger partial charge on any atom is 0.250 e. The number of nitrogens with one attached hydrogen (secondary N) is 2. The number of hydrogen-bond donors (Lipinski definition) is 2. The number of rotatable bonds is 8. The Bertz CT molecular complexity index is 725. The molecular weight excluding hydrogens is 336 g/mol. The Morgan fingerprint density at radius 3 is 2.57 bits per heavy atom. The van der Waals surface area contributed by atoms with Crippen molar-refractivity contribution in [2.45, 2.75) is 17.6 Å². The van der Waals surface area contributed by atoms with Crippen molar-refractivity contribution in [3.8, 4) is 5.75 Å². The third-order valence-corrected chi connectivity index (χ3v) is 5.71.